The van der Waals surface area contributed by atoms with E-state index in [4.69, 9.17) is 4.74 Å². The lowest BCUT2D eigenvalue weighted by atomic mass is 10.2. The average molecular weight is 358 g/mol. The maximum absolute atomic E-state index is 12.6. The number of nitrogens with one attached hydrogen (secondary N) is 2. The zero-order chi connectivity index (χ0) is 18.2. The van der Waals surface area contributed by atoms with Gasteiger partial charge in [0.05, 0.1) is 18.4 Å². The van der Waals surface area contributed by atoms with E-state index >= 15 is 0 Å². The number of hydrogen-bond acceptors (Lipinski definition) is 4. The molecule has 25 heavy (non-hydrogen) atoms. The van der Waals surface area contributed by atoms with E-state index in [2.05, 4.69) is 10.6 Å². The molecule has 132 valence electrons. The Morgan fingerprint density at radius 3 is 2.60 bits per heavy atom. The number of benzene rings is 2. The van der Waals surface area contributed by atoms with Crippen molar-refractivity contribution < 1.29 is 14.3 Å². The molecule has 0 aliphatic rings. The zero-order valence-electron chi connectivity index (χ0n) is 14.5. The van der Waals surface area contributed by atoms with E-state index in [0.29, 0.717) is 17.0 Å². The molecule has 0 atom stereocenters. The molecule has 2 amide bonds. The molecule has 0 radical (unpaired) electrons. The van der Waals surface area contributed by atoms with Crippen LogP contribution in [0.3, 0.4) is 0 Å². The molecule has 2 N–H and O–H groups in total. The molecular weight excluding hydrogens is 336 g/mol. The van der Waals surface area contributed by atoms with Crippen molar-refractivity contribution in [2.75, 3.05) is 18.2 Å². The van der Waals surface area contributed by atoms with Crippen LogP contribution in [0.4, 0.5) is 5.69 Å². The summed E-state index contributed by atoms with van der Waals surface area (Å²) >= 11 is 1.35. The minimum Gasteiger partial charge on any atom is -0.497 e. The van der Waals surface area contributed by atoms with Gasteiger partial charge in [-0.25, -0.2) is 0 Å². The predicted molar refractivity (Wildman–Crippen MR) is 101 cm³/mol. The maximum atomic E-state index is 12.6. The van der Waals surface area contributed by atoms with Gasteiger partial charge in [0, 0.05) is 22.7 Å². The standard InChI is InChI=1S/C19H22N2O3S/c1-13(2)20-18(22)12-25-17-10-5-4-9-16(17)19(23)21-14-7-6-8-15(11-14)24-3/h4-11,13H,12H2,1-3H3,(H,20,22)(H,21,23). The highest BCUT2D eigenvalue weighted by atomic mass is 32.2. The average Bonchev–Trinajstić information content (AvgIpc) is 2.59. The lowest BCUT2D eigenvalue weighted by Crippen LogP contribution is -2.31. The van der Waals surface area contributed by atoms with Crippen LogP contribution >= 0.6 is 11.8 Å². The largest absolute Gasteiger partial charge is 0.497 e. The number of anilines is 1. The van der Waals surface area contributed by atoms with E-state index < -0.39 is 0 Å². The van der Waals surface area contributed by atoms with Crippen LogP contribution in [0.2, 0.25) is 0 Å². The fourth-order valence-corrected chi connectivity index (χ4v) is 3.05. The summed E-state index contributed by atoms with van der Waals surface area (Å²) in [5, 5.41) is 5.70. The van der Waals surface area contributed by atoms with Crippen molar-refractivity contribution in [3.8, 4) is 5.75 Å². The molecular formula is C19H22N2O3S. The van der Waals surface area contributed by atoms with Gasteiger partial charge in [-0.3, -0.25) is 9.59 Å². The first kappa shape index (κ1) is 18.9. The lowest BCUT2D eigenvalue weighted by molar-refractivity contribution is -0.119. The van der Waals surface area contributed by atoms with Crippen molar-refractivity contribution in [1.82, 2.24) is 5.32 Å². The second-order valence-electron chi connectivity index (χ2n) is 5.69. The van der Waals surface area contributed by atoms with E-state index in [1.165, 1.54) is 11.8 Å². The van der Waals surface area contributed by atoms with Crippen molar-refractivity contribution in [3.63, 3.8) is 0 Å². The molecule has 0 fully saturated rings. The first-order chi connectivity index (χ1) is 12.0. The SMILES string of the molecule is COc1cccc(NC(=O)c2ccccc2SCC(=O)NC(C)C)c1. The summed E-state index contributed by atoms with van der Waals surface area (Å²) in [6.07, 6.45) is 0. The second-order valence-corrected chi connectivity index (χ2v) is 6.71. The Bertz CT molecular complexity index is 747. The van der Waals surface area contributed by atoms with Crippen LogP contribution in [0.25, 0.3) is 0 Å². The predicted octanol–water partition coefficient (Wildman–Crippen LogP) is 3.56. The molecule has 2 aromatic rings. The van der Waals surface area contributed by atoms with Crippen LogP contribution in [0.5, 0.6) is 5.75 Å². The van der Waals surface area contributed by atoms with Crippen molar-refractivity contribution in [1.29, 1.82) is 0 Å². The first-order valence-electron chi connectivity index (χ1n) is 7.96. The molecule has 0 aromatic heterocycles. The Balaban J connectivity index is 2.08. The summed E-state index contributed by atoms with van der Waals surface area (Å²) in [5.74, 6) is 0.663. The van der Waals surface area contributed by atoms with Gasteiger partial charge in [0.25, 0.3) is 5.91 Å². The van der Waals surface area contributed by atoms with Crippen molar-refractivity contribution in [3.05, 3.63) is 54.1 Å². The van der Waals surface area contributed by atoms with E-state index in [9.17, 15) is 9.59 Å². The van der Waals surface area contributed by atoms with Crippen LogP contribution in [-0.2, 0) is 4.79 Å². The highest BCUT2D eigenvalue weighted by Crippen LogP contribution is 2.24. The Labute approximate surface area is 152 Å². The van der Waals surface area contributed by atoms with Crippen LogP contribution < -0.4 is 15.4 Å². The van der Waals surface area contributed by atoms with Gasteiger partial charge in [-0.05, 0) is 38.1 Å². The molecule has 6 heteroatoms. The molecule has 0 bridgehead atoms. The van der Waals surface area contributed by atoms with Gasteiger partial charge in [-0.1, -0.05) is 18.2 Å². The Hall–Kier alpha value is -2.47. The van der Waals surface area contributed by atoms with Gasteiger partial charge >= 0.3 is 0 Å². The molecule has 0 aliphatic carbocycles. The number of thioether (sulfide) groups is 1. The zero-order valence-corrected chi connectivity index (χ0v) is 15.4. The molecule has 2 aromatic carbocycles. The first-order valence-corrected chi connectivity index (χ1v) is 8.94. The topological polar surface area (TPSA) is 67.4 Å². The summed E-state index contributed by atoms with van der Waals surface area (Å²) in [5.41, 5.74) is 1.19. The monoisotopic (exact) mass is 358 g/mol. The van der Waals surface area contributed by atoms with Gasteiger partial charge in [-0.2, -0.15) is 0 Å². The molecule has 0 aliphatic heterocycles. The highest BCUT2D eigenvalue weighted by Gasteiger charge is 2.13. The van der Waals surface area contributed by atoms with E-state index in [1.807, 2.05) is 38.1 Å². The Morgan fingerprint density at radius 2 is 1.88 bits per heavy atom. The number of amides is 2. The summed E-state index contributed by atoms with van der Waals surface area (Å²) < 4.78 is 5.16. The van der Waals surface area contributed by atoms with Gasteiger partial charge in [0.15, 0.2) is 0 Å². The third-order valence-electron chi connectivity index (χ3n) is 3.27. The fraction of sp³-hybridized carbons (Fsp3) is 0.263. The number of carbonyl (C=O) groups is 2. The van der Waals surface area contributed by atoms with Crippen LogP contribution in [-0.4, -0.2) is 30.7 Å². The number of carbonyl (C=O) groups excluding carboxylic acids is 2. The molecule has 5 nitrogen and oxygen atoms in total. The van der Waals surface area contributed by atoms with Gasteiger partial charge in [0.1, 0.15) is 5.75 Å². The Kier molecular flexibility index (Phi) is 6.89. The fourth-order valence-electron chi connectivity index (χ4n) is 2.19. The Morgan fingerprint density at radius 1 is 1.12 bits per heavy atom. The summed E-state index contributed by atoms with van der Waals surface area (Å²) in [7, 11) is 1.58. The number of methoxy groups -OCH3 is 1. The van der Waals surface area contributed by atoms with Crippen molar-refractivity contribution >= 4 is 29.3 Å². The van der Waals surface area contributed by atoms with Crippen LogP contribution in [0, 0.1) is 0 Å². The summed E-state index contributed by atoms with van der Waals surface area (Å²) in [6.45, 7) is 3.83. The number of ether oxygens (including phenoxy) is 1. The minimum atomic E-state index is -0.222. The smallest absolute Gasteiger partial charge is 0.256 e. The number of rotatable bonds is 7. The van der Waals surface area contributed by atoms with Crippen molar-refractivity contribution in [2.24, 2.45) is 0 Å². The third-order valence-corrected chi connectivity index (χ3v) is 4.34. The van der Waals surface area contributed by atoms with Gasteiger partial charge in [0.2, 0.25) is 5.91 Å². The second kappa shape index (κ2) is 9.13. The highest BCUT2D eigenvalue weighted by molar-refractivity contribution is 8.00. The molecule has 0 spiro atoms. The molecule has 0 unspecified atom stereocenters. The van der Waals surface area contributed by atoms with E-state index in [0.717, 1.165) is 4.90 Å². The molecule has 0 saturated carbocycles. The van der Waals surface area contributed by atoms with Crippen LogP contribution in [0.1, 0.15) is 24.2 Å². The third kappa shape index (κ3) is 5.83. The van der Waals surface area contributed by atoms with Crippen molar-refractivity contribution in [2.45, 2.75) is 24.8 Å². The van der Waals surface area contributed by atoms with Gasteiger partial charge < -0.3 is 15.4 Å². The summed E-state index contributed by atoms with van der Waals surface area (Å²) in [4.78, 5) is 25.2. The van der Waals surface area contributed by atoms with E-state index in [1.54, 1.807) is 31.4 Å². The molecule has 2 rings (SSSR count). The minimum absolute atomic E-state index is 0.0528. The normalized spacial score (nSPS) is 10.4. The summed E-state index contributed by atoms with van der Waals surface area (Å²) in [6, 6.07) is 14.5. The van der Waals surface area contributed by atoms with Gasteiger partial charge in [-0.15, -0.1) is 11.8 Å². The van der Waals surface area contributed by atoms with E-state index in [-0.39, 0.29) is 23.6 Å². The lowest BCUT2D eigenvalue weighted by Gasteiger charge is -2.11. The molecule has 0 heterocycles. The number of hydrogen-bond donors (Lipinski definition) is 2. The quantitative estimate of drug-likeness (QED) is 0.743. The molecule has 0 saturated heterocycles. The van der Waals surface area contributed by atoms with Crippen LogP contribution in [0.15, 0.2) is 53.4 Å². The maximum Gasteiger partial charge on any atom is 0.256 e.